The Kier molecular flexibility index (Phi) is 9.43. The quantitative estimate of drug-likeness (QED) is 0.157. The Morgan fingerprint density at radius 1 is 1.13 bits per heavy atom. The summed E-state index contributed by atoms with van der Waals surface area (Å²) in [6.45, 7) is 6.93. The number of hydrogen-bond acceptors (Lipinski definition) is 9. The number of nitrogens with two attached hydrogens (primary N) is 1. The van der Waals surface area contributed by atoms with Gasteiger partial charge >= 0.3 is 12.3 Å². The Morgan fingerprint density at radius 2 is 1.83 bits per heavy atom. The molecule has 2 aliphatic rings. The summed E-state index contributed by atoms with van der Waals surface area (Å²) in [6.07, 6.45) is -8.60. The fraction of sp³-hybridized carbons (Fsp3) is 0.429. The zero-order valence-electron chi connectivity index (χ0n) is 28.5. The van der Waals surface area contributed by atoms with Crippen LogP contribution in [0.15, 0.2) is 64.4 Å². The number of Topliss-reactive ketones (excluding diaryl/α,β-unsaturated/α-hetero) is 1. The number of halogens is 6. The summed E-state index contributed by atoms with van der Waals surface area (Å²) in [4.78, 5) is 36.2. The van der Waals surface area contributed by atoms with E-state index < -0.39 is 65.2 Å². The first-order chi connectivity index (χ1) is 24.3. The van der Waals surface area contributed by atoms with Crippen molar-refractivity contribution in [3.05, 3.63) is 82.5 Å². The number of benzene rings is 2. The van der Waals surface area contributed by atoms with Gasteiger partial charge in [0.1, 0.15) is 29.8 Å². The van der Waals surface area contributed by atoms with Gasteiger partial charge in [-0.05, 0) is 54.9 Å². The summed E-state index contributed by atoms with van der Waals surface area (Å²) in [6, 6.07) is 13.0. The predicted molar refractivity (Wildman–Crippen MR) is 179 cm³/mol. The van der Waals surface area contributed by atoms with Gasteiger partial charge in [0, 0.05) is 17.5 Å². The lowest BCUT2D eigenvalue weighted by molar-refractivity contribution is -0.164. The first kappa shape index (κ1) is 36.9. The second-order valence-electron chi connectivity index (χ2n) is 14.3. The molecular weight excluding hydrogens is 713 g/mol. The second-order valence-corrected chi connectivity index (χ2v) is 14.7. The zero-order chi connectivity index (χ0) is 37.8. The second kappa shape index (κ2) is 13.3. The van der Waals surface area contributed by atoms with Crippen LogP contribution in [0.2, 0.25) is 5.02 Å². The van der Waals surface area contributed by atoms with Crippen LogP contribution in [-0.4, -0.2) is 56.0 Å². The largest absolute Gasteiger partial charge is 0.449 e. The summed E-state index contributed by atoms with van der Waals surface area (Å²) in [5.74, 6) is -3.20. The molecule has 4 aromatic rings. The monoisotopic (exact) mass is 747 g/mol. The van der Waals surface area contributed by atoms with Crippen molar-refractivity contribution in [1.82, 2.24) is 25.2 Å². The number of carbonyl (C=O) groups excluding carboxylic acids is 2. The number of aliphatic imine (C=N–C) groups is 1. The number of aryl methyl sites for hydroxylation is 1. The van der Waals surface area contributed by atoms with Crippen molar-refractivity contribution in [3.63, 3.8) is 0 Å². The first-order valence-corrected chi connectivity index (χ1v) is 16.7. The number of alkyl carbamates (subject to hydrolysis) is 1. The van der Waals surface area contributed by atoms with Crippen LogP contribution in [0, 0.1) is 18.3 Å². The fourth-order valence-electron chi connectivity index (χ4n) is 6.63. The summed E-state index contributed by atoms with van der Waals surface area (Å²) >= 11 is 6.43. The van der Waals surface area contributed by atoms with Gasteiger partial charge in [0.15, 0.2) is 17.4 Å². The van der Waals surface area contributed by atoms with Crippen molar-refractivity contribution >= 4 is 29.3 Å². The number of rotatable bonds is 10. The van der Waals surface area contributed by atoms with E-state index in [9.17, 15) is 31.5 Å². The highest BCUT2D eigenvalue weighted by Crippen LogP contribution is 2.50. The van der Waals surface area contributed by atoms with Crippen LogP contribution < -0.4 is 11.1 Å². The van der Waals surface area contributed by atoms with Crippen LogP contribution in [0.1, 0.15) is 75.0 Å². The van der Waals surface area contributed by atoms with Crippen molar-refractivity contribution < 1.29 is 40.8 Å². The summed E-state index contributed by atoms with van der Waals surface area (Å²) in [7, 11) is 0. The molecule has 0 spiro atoms. The van der Waals surface area contributed by atoms with E-state index in [1.165, 1.54) is 18.2 Å². The minimum absolute atomic E-state index is 0.00192. The molecular formula is C35H35ClF5N7O4. The lowest BCUT2D eigenvalue weighted by Crippen LogP contribution is -2.48. The van der Waals surface area contributed by atoms with Gasteiger partial charge in [-0.3, -0.25) is 9.79 Å². The Labute approximate surface area is 299 Å². The van der Waals surface area contributed by atoms with Crippen molar-refractivity contribution in [1.29, 1.82) is 0 Å². The predicted octanol–water partition coefficient (Wildman–Crippen LogP) is 7.61. The molecule has 0 radical (unpaired) electrons. The fourth-order valence-corrected chi connectivity index (χ4v) is 6.83. The van der Waals surface area contributed by atoms with Crippen LogP contribution in [0.3, 0.4) is 0 Å². The zero-order valence-corrected chi connectivity index (χ0v) is 29.2. The summed E-state index contributed by atoms with van der Waals surface area (Å²) in [5, 5.41) is 9.72. The van der Waals surface area contributed by atoms with E-state index in [-0.39, 0.29) is 41.4 Å². The van der Waals surface area contributed by atoms with Gasteiger partial charge in [0.2, 0.25) is 0 Å². The highest BCUT2D eigenvalue weighted by atomic mass is 35.5. The molecule has 0 saturated heterocycles. The van der Waals surface area contributed by atoms with Gasteiger partial charge in [-0.1, -0.05) is 67.9 Å². The molecule has 1 amide bonds. The topological polar surface area (TPSA) is 151 Å². The Morgan fingerprint density at radius 3 is 2.40 bits per heavy atom. The normalized spacial score (nSPS) is 20.6. The van der Waals surface area contributed by atoms with E-state index in [1.54, 1.807) is 37.3 Å². The maximum Gasteiger partial charge on any atom is 0.411 e. The number of alkyl halides is 5. The van der Waals surface area contributed by atoms with Crippen LogP contribution >= 0.6 is 11.6 Å². The van der Waals surface area contributed by atoms with Crippen LogP contribution in [0.25, 0.3) is 17.0 Å². The van der Waals surface area contributed by atoms with E-state index in [2.05, 4.69) is 15.2 Å². The lowest BCUT2D eigenvalue weighted by atomic mass is 9.70. The average Bonchev–Trinajstić information content (AvgIpc) is 3.36. The van der Waals surface area contributed by atoms with Crippen LogP contribution in [-0.2, 0) is 15.1 Å². The molecule has 1 fully saturated rings. The Balaban J connectivity index is 1.41. The van der Waals surface area contributed by atoms with E-state index >= 15 is 0 Å². The van der Waals surface area contributed by atoms with Gasteiger partial charge in [0.05, 0.1) is 22.3 Å². The van der Waals surface area contributed by atoms with E-state index in [4.69, 9.17) is 31.6 Å². The third-order valence-electron chi connectivity index (χ3n) is 9.22. The number of ether oxygens (including phenoxy) is 1. The van der Waals surface area contributed by atoms with Gasteiger partial charge in [-0.2, -0.15) is 18.3 Å². The number of aromatic nitrogens is 4. The average molecular weight is 748 g/mol. The highest BCUT2D eigenvalue weighted by molar-refractivity contribution is 6.32. The molecule has 11 nitrogen and oxygen atoms in total. The van der Waals surface area contributed by atoms with Gasteiger partial charge in [-0.25, -0.2) is 23.2 Å². The summed E-state index contributed by atoms with van der Waals surface area (Å²) in [5.41, 5.74) is 4.29. The third-order valence-corrected chi connectivity index (χ3v) is 9.54. The van der Waals surface area contributed by atoms with Crippen molar-refractivity contribution in [2.75, 3.05) is 6.61 Å². The maximum atomic E-state index is 14.9. The Bertz CT molecular complexity index is 2020. The van der Waals surface area contributed by atoms with E-state index in [0.717, 1.165) is 11.0 Å². The maximum absolute atomic E-state index is 14.9. The number of nitrogens with zero attached hydrogens (tertiary/aromatic N) is 5. The minimum Gasteiger partial charge on any atom is -0.449 e. The molecule has 52 heavy (non-hydrogen) atoms. The molecule has 276 valence electrons. The SMILES string of the molecule is Cc1cc(-c2ccc([C@@]3(CC(C)(C)C)N=C(N)C([C@H](COC(=O)NC4(C(F)(F)F)CC4)c4ccc(Cl)c(-n5ncnc5C(F)F)c4)C3=O)cc2)on1. The molecule has 17 heteroatoms. The number of amides is 1. The molecule has 2 aromatic heterocycles. The third kappa shape index (κ3) is 6.99. The van der Waals surface area contributed by atoms with Crippen molar-refractivity contribution in [2.45, 2.75) is 76.6 Å². The van der Waals surface area contributed by atoms with Crippen molar-refractivity contribution in [3.8, 4) is 17.0 Å². The van der Waals surface area contributed by atoms with Crippen molar-refractivity contribution in [2.24, 2.45) is 22.1 Å². The lowest BCUT2D eigenvalue weighted by Gasteiger charge is -2.34. The van der Waals surface area contributed by atoms with E-state index in [1.807, 2.05) is 26.1 Å². The molecule has 2 aromatic carbocycles. The number of nitrogens with one attached hydrogen (secondary N) is 1. The molecule has 3 heterocycles. The molecule has 3 N–H and O–H groups in total. The smallest absolute Gasteiger partial charge is 0.411 e. The highest BCUT2D eigenvalue weighted by Gasteiger charge is 2.64. The van der Waals surface area contributed by atoms with Gasteiger partial charge in [-0.15, -0.1) is 0 Å². The number of ketones is 1. The first-order valence-electron chi connectivity index (χ1n) is 16.3. The number of carbonyl (C=O) groups is 2. The number of amidine groups is 1. The number of hydrogen-bond donors (Lipinski definition) is 2. The van der Waals surface area contributed by atoms with Crippen LogP contribution in [0.4, 0.5) is 26.7 Å². The van der Waals surface area contributed by atoms with Gasteiger partial charge in [0.25, 0.3) is 6.43 Å². The Hall–Kier alpha value is -4.86. The summed E-state index contributed by atoms with van der Waals surface area (Å²) < 4.78 is 80.2. The molecule has 0 bridgehead atoms. The molecule has 1 saturated carbocycles. The van der Waals surface area contributed by atoms with Crippen LogP contribution in [0.5, 0.6) is 0 Å². The molecule has 1 aliphatic carbocycles. The molecule has 6 rings (SSSR count). The molecule has 1 aliphatic heterocycles. The standard InChI is InChI=1S/C35H35ClF5N7O4/c1-18-13-25(52-47-18)19-5-8-21(9-6-19)34(16-32(2,3)4)27(49)26(29(42)45-34)22(15-51-31(50)46-33(11-12-33)35(39,40)41)20-7-10-23(36)24(14-20)48-30(28(37)38)43-17-44-48/h5-10,13-14,17,22,26,28H,11-12,15-16H2,1-4H3,(H2,42,45)(H,46,50)/t22-,26?,34-/m1/s1. The van der Waals surface area contributed by atoms with Gasteiger partial charge < -0.3 is 20.3 Å². The van der Waals surface area contributed by atoms with E-state index in [0.29, 0.717) is 22.6 Å². The minimum atomic E-state index is -4.70. The molecule has 1 unspecified atom stereocenters. The molecule has 3 atom stereocenters.